The first-order valence-corrected chi connectivity index (χ1v) is 12.0. The molecule has 0 aromatic heterocycles. The summed E-state index contributed by atoms with van der Waals surface area (Å²) in [6.07, 6.45) is 0. The maximum Gasteiger partial charge on any atom is 0.376 e. The van der Waals surface area contributed by atoms with Crippen LogP contribution < -0.4 is 0 Å². The van der Waals surface area contributed by atoms with Gasteiger partial charge in [0.15, 0.2) is 0 Å². The van der Waals surface area contributed by atoms with Crippen LogP contribution in [-0.4, -0.2) is 52.3 Å². The Morgan fingerprint density at radius 1 is 0.808 bits per heavy atom. The summed E-state index contributed by atoms with van der Waals surface area (Å²) >= 11 is 5.98. The van der Waals surface area contributed by atoms with Gasteiger partial charge in [0.1, 0.15) is 13.2 Å². The van der Waals surface area contributed by atoms with Crippen LogP contribution in [-0.2, 0) is 22.6 Å². The zero-order valence-corrected chi connectivity index (χ0v) is 16.7. The minimum Gasteiger partial charge on any atom is -0.310 e. The van der Waals surface area contributed by atoms with Crippen LogP contribution in [0.3, 0.4) is 0 Å². The molecular formula is C8H13ClF6N3O5P3. The van der Waals surface area contributed by atoms with Crippen LogP contribution in [0.1, 0.15) is 0 Å². The van der Waals surface area contributed by atoms with Crippen LogP contribution in [0, 0.1) is 0 Å². The number of hydrogen-bond acceptors (Lipinski definition) is 8. The highest BCUT2D eigenvalue weighted by molar-refractivity contribution is 7.93. The van der Waals surface area contributed by atoms with Gasteiger partial charge in [0.25, 0.3) is 0 Å². The Balaban J connectivity index is 2.72. The van der Waals surface area contributed by atoms with E-state index < -0.39 is 53.1 Å². The highest BCUT2D eigenvalue weighted by Gasteiger charge is 2.72. The minimum absolute atomic E-state index is 0.921. The summed E-state index contributed by atoms with van der Waals surface area (Å²) in [7, 11) is -4.81. The molecule has 2 rings (SSSR count). The lowest BCUT2D eigenvalue weighted by Crippen LogP contribution is -2.58. The zero-order chi connectivity index (χ0) is 20.1. The van der Waals surface area contributed by atoms with Gasteiger partial charge in [-0.25, -0.2) is 0 Å². The lowest BCUT2D eigenvalue weighted by Gasteiger charge is -2.36. The minimum atomic E-state index is -5.81. The molecular weight excluding hydrogens is 460 g/mol. The van der Waals surface area contributed by atoms with Gasteiger partial charge in [0.05, 0.1) is 0 Å². The Hall–Kier alpha value is 0.360. The van der Waals surface area contributed by atoms with Crippen LogP contribution >= 0.6 is 33.3 Å². The predicted octanol–water partition coefficient (Wildman–Crippen LogP) is 5.97. The molecule has 0 unspecified atom stereocenters. The monoisotopic (exact) mass is 473 g/mol. The van der Waals surface area contributed by atoms with Crippen molar-refractivity contribution in [3.63, 3.8) is 0 Å². The van der Waals surface area contributed by atoms with Crippen molar-refractivity contribution in [1.29, 1.82) is 0 Å². The van der Waals surface area contributed by atoms with Gasteiger partial charge in [-0.1, -0.05) is 0 Å². The molecule has 0 fully saturated rings. The van der Waals surface area contributed by atoms with Gasteiger partial charge in [-0.15, -0.1) is 4.52 Å². The van der Waals surface area contributed by atoms with E-state index in [1.165, 1.54) is 0 Å². The van der Waals surface area contributed by atoms with Crippen molar-refractivity contribution < 1.29 is 49.0 Å². The maximum absolute atomic E-state index is 13.8. The summed E-state index contributed by atoms with van der Waals surface area (Å²) in [6, 6.07) is 0. The Labute approximate surface area is 149 Å². The summed E-state index contributed by atoms with van der Waals surface area (Å²) in [5, 5.41) is 0. The number of alkyl halides is 6. The van der Waals surface area contributed by atoms with E-state index in [0.29, 0.717) is 0 Å². The topological polar surface area (TPSA) is 83.2 Å². The SMILES string of the molecule is COP1(OC)=N[P@@]2(Cl)=N[P@@](OC)(=N1)OCC(F)(F)C(F)(F)C(F)(F)CO2. The van der Waals surface area contributed by atoms with E-state index in [1.54, 1.807) is 0 Å². The van der Waals surface area contributed by atoms with Crippen molar-refractivity contribution in [2.45, 2.75) is 17.8 Å². The average Bonchev–Trinajstić information content (AvgIpc) is 2.57. The molecule has 2 aliphatic rings. The fourth-order valence-corrected chi connectivity index (χ4v) is 11.6. The number of rotatable bonds is 3. The third kappa shape index (κ3) is 3.77. The summed E-state index contributed by atoms with van der Waals surface area (Å²) in [4.78, 5) is 0. The number of hydrogen-bond donors (Lipinski definition) is 0. The second kappa shape index (κ2) is 7.00. The molecule has 2 bridgehead atoms. The summed E-state index contributed by atoms with van der Waals surface area (Å²) in [5.74, 6) is -16.4. The van der Waals surface area contributed by atoms with Crippen LogP contribution in [0.5, 0.6) is 0 Å². The molecule has 0 aromatic carbocycles. The molecule has 0 aromatic rings. The third-order valence-corrected chi connectivity index (χ3v) is 12.4. The van der Waals surface area contributed by atoms with Crippen molar-refractivity contribution in [3.8, 4) is 0 Å². The van der Waals surface area contributed by atoms with Crippen molar-refractivity contribution in [2.75, 3.05) is 34.5 Å². The fourth-order valence-electron chi connectivity index (χ4n) is 1.70. The van der Waals surface area contributed by atoms with Crippen molar-refractivity contribution >= 4 is 33.3 Å². The average molecular weight is 474 g/mol. The second-order valence-electron chi connectivity index (χ2n) is 4.80. The second-order valence-corrected chi connectivity index (χ2v) is 12.8. The van der Waals surface area contributed by atoms with E-state index in [-0.39, 0.29) is 0 Å². The largest absolute Gasteiger partial charge is 0.376 e. The van der Waals surface area contributed by atoms with Gasteiger partial charge in [0, 0.05) is 21.3 Å². The molecule has 2 atom stereocenters. The summed E-state index contributed by atoms with van der Waals surface area (Å²) < 4.78 is 118. The number of fused-ring (bicyclic) bond motifs is 1. The highest BCUT2D eigenvalue weighted by atomic mass is 35.7. The molecule has 18 heteroatoms. The molecule has 154 valence electrons. The Bertz CT molecular complexity index is 741. The molecule has 2 heterocycles. The molecule has 0 N–H and O–H groups in total. The molecule has 0 aliphatic carbocycles. The van der Waals surface area contributed by atoms with Crippen LogP contribution in [0.15, 0.2) is 13.5 Å². The molecule has 0 spiro atoms. The molecule has 0 amide bonds. The molecule has 0 radical (unpaired) electrons. The van der Waals surface area contributed by atoms with Gasteiger partial charge < -0.3 is 18.1 Å². The number of halogens is 7. The van der Waals surface area contributed by atoms with Gasteiger partial charge in [-0.3, -0.25) is 4.52 Å². The Kier molecular flexibility index (Phi) is 6.10. The standard InChI is InChI=1S/C8H13ClF6N3O5P3/c1-19-25(20-2)16-24(9)17-26(18-25,21-3)23-5-7(12,13)8(14,15)6(10,11)4-22-24/h4-5H2,1-3H3/t24-,26-/m0/s1. The normalized spacial score (nSPS) is 37.6. The van der Waals surface area contributed by atoms with Gasteiger partial charge in [-0.2, -0.15) is 35.4 Å². The molecule has 8 nitrogen and oxygen atoms in total. The fraction of sp³-hybridized carbons (Fsp3) is 1.00. The molecule has 2 aliphatic heterocycles. The van der Waals surface area contributed by atoms with Crippen LogP contribution in [0.4, 0.5) is 26.3 Å². The van der Waals surface area contributed by atoms with Crippen molar-refractivity contribution in [3.05, 3.63) is 0 Å². The van der Waals surface area contributed by atoms with E-state index in [0.717, 1.165) is 21.3 Å². The first-order chi connectivity index (χ1) is 11.7. The summed E-state index contributed by atoms with van der Waals surface area (Å²) in [6.45, 7) is -8.53. The lowest BCUT2D eigenvalue weighted by atomic mass is 10.1. The predicted molar refractivity (Wildman–Crippen MR) is 81.7 cm³/mol. The molecule has 26 heavy (non-hydrogen) atoms. The van der Waals surface area contributed by atoms with Crippen molar-refractivity contribution in [1.82, 2.24) is 0 Å². The third-order valence-electron chi connectivity index (χ3n) is 3.13. The lowest BCUT2D eigenvalue weighted by molar-refractivity contribution is -0.320. The van der Waals surface area contributed by atoms with Crippen LogP contribution in [0.2, 0.25) is 0 Å². The van der Waals surface area contributed by atoms with E-state index in [2.05, 4.69) is 22.6 Å². The highest BCUT2D eigenvalue weighted by Crippen LogP contribution is 2.81. The maximum atomic E-state index is 13.8. The van der Waals surface area contributed by atoms with Gasteiger partial charge in [-0.05, 0) is 11.2 Å². The Morgan fingerprint density at radius 3 is 1.77 bits per heavy atom. The summed E-state index contributed by atoms with van der Waals surface area (Å²) in [5.41, 5.74) is 0. The van der Waals surface area contributed by atoms with Gasteiger partial charge >= 0.3 is 39.9 Å². The first-order valence-electron chi connectivity index (χ1n) is 6.42. The van der Waals surface area contributed by atoms with E-state index in [4.69, 9.17) is 24.8 Å². The van der Waals surface area contributed by atoms with Crippen LogP contribution in [0.25, 0.3) is 0 Å². The first kappa shape index (κ1) is 22.6. The number of nitrogens with zero attached hydrogens (tertiary/aromatic N) is 3. The van der Waals surface area contributed by atoms with E-state index in [9.17, 15) is 26.3 Å². The van der Waals surface area contributed by atoms with Gasteiger partial charge in [0.2, 0.25) is 0 Å². The van der Waals surface area contributed by atoms with Crippen molar-refractivity contribution in [2.24, 2.45) is 13.5 Å². The quantitative estimate of drug-likeness (QED) is 0.372. The van der Waals surface area contributed by atoms with E-state index in [1.807, 2.05) is 0 Å². The molecule has 0 saturated carbocycles. The Morgan fingerprint density at radius 2 is 1.31 bits per heavy atom. The molecule has 0 saturated heterocycles. The smallest absolute Gasteiger partial charge is 0.310 e. The zero-order valence-electron chi connectivity index (χ0n) is 13.3. The van der Waals surface area contributed by atoms with E-state index >= 15 is 0 Å².